The van der Waals surface area contributed by atoms with Crippen molar-refractivity contribution in [2.45, 2.75) is 0 Å². The van der Waals surface area contributed by atoms with Crippen LogP contribution in [0.5, 0.6) is 0 Å². The number of rotatable bonds is 1. The SMILES string of the molecule is Nc1cccc([N+](=O)[O-])c1.[AsH3]. The first-order valence-electron chi connectivity index (χ1n) is 2.70. The van der Waals surface area contributed by atoms with Gasteiger partial charge in [0.2, 0.25) is 0 Å². The number of hydrogen-bond acceptors (Lipinski definition) is 3. The van der Waals surface area contributed by atoms with Gasteiger partial charge in [-0.05, 0) is 6.07 Å². The molecule has 60 valence electrons. The number of benzene rings is 1. The third-order valence-corrected chi connectivity index (χ3v) is 1.08. The van der Waals surface area contributed by atoms with Crippen LogP contribution in [-0.4, -0.2) is 22.9 Å². The quantitative estimate of drug-likeness (QED) is 0.310. The summed E-state index contributed by atoms with van der Waals surface area (Å²) in [7, 11) is 0. The fourth-order valence-corrected chi connectivity index (χ4v) is 0.638. The molecule has 1 aromatic rings. The van der Waals surface area contributed by atoms with E-state index in [1.165, 1.54) is 12.1 Å². The van der Waals surface area contributed by atoms with E-state index in [0.29, 0.717) is 5.69 Å². The van der Waals surface area contributed by atoms with Crippen molar-refractivity contribution in [3.8, 4) is 0 Å². The first-order valence-corrected chi connectivity index (χ1v) is 2.70. The standard InChI is InChI=1S/C6H6N2O2.AsH3/c7-5-2-1-3-6(4-5)8(9)10;/h1-4H,7H2;1H3. The fraction of sp³-hybridized carbons (Fsp3) is 0. The van der Waals surface area contributed by atoms with Gasteiger partial charge >= 0.3 is 18.0 Å². The number of nitrogens with zero attached hydrogens (tertiary/aromatic N) is 1. The Kier molecular flexibility index (Phi) is 3.61. The maximum absolute atomic E-state index is 10.1. The summed E-state index contributed by atoms with van der Waals surface area (Å²) in [6, 6.07) is 5.87. The second-order valence-corrected chi connectivity index (χ2v) is 1.85. The van der Waals surface area contributed by atoms with Gasteiger partial charge in [-0.1, -0.05) is 6.07 Å². The molecule has 0 amide bonds. The Balaban J connectivity index is 0.000001000. The Morgan fingerprint density at radius 1 is 1.45 bits per heavy atom. The van der Waals surface area contributed by atoms with E-state index in [-0.39, 0.29) is 23.6 Å². The molecular formula is C6H9AsN2O2. The zero-order valence-electron chi connectivity index (χ0n) is 5.86. The van der Waals surface area contributed by atoms with E-state index in [2.05, 4.69) is 0 Å². The summed E-state index contributed by atoms with van der Waals surface area (Å²) in [6.07, 6.45) is 0. The Hall–Kier alpha value is -1.02. The van der Waals surface area contributed by atoms with Gasteiger partial charge in [0.05, 0.1) is 4.92 Å². The molecule has 1 atom stereocenters. The molecule has 0 aliphatic heterocycles. The molecule has 0 bridgehead atoms. The maximum atomic E-state index is 10.1. The summed E-state index contributed by atoms with van der Waals surface area (Å²) in [5, 5.41) is 10.1. The van der Waals surface area contributed by atoms with Gasteiger partial charge in [-0.15, -0.1) is 0 Å². The molecule has 0 fully saturated rings. The number of nitro benzene ring substituents is 1. The molecule has 1 aromatic carbocycles. The summed E-state index contributed by atoms with van der Waals surface area (Å²) in [5.74, 6) is 0. The molecule has 1 rings (SSSR count). The van der Waals surface area contributed by atoms with Crippen LogP contribution >= 0.6 is 0 Å². The van der Waals surface area contributed by atoms with Crippen LogP contribution in [0.15, 0.2) is 24.3 Å². The predicted octanol–water partition coefficient (Wildman–Crippen LogP) is -0.00690. The Bertz CT molecular complexity index is 265. The second kappa shape index (κ2) is 3.98. The van der Waals surface area contributed by atoms with E-state index in [0.717, 1.165) is 0 Å². The van der Waals surface area contributed by atoms with Gasteiger partial charge in [0.15, 0.2) is 0 Å². The summed E-state index contributed by atoms with van der Waals surface area (Å²) in [4.78, 5) is 9.63. The van der Waals surface area contributed by atoms with Crippen LogP contribution in [-0.2, 0) is 0 Å². The molecule has 0 aliphatic rings. The van der Waals surface area contributed by atoms with Crippen LogP contribution in [0.4, 0.5) is 11.4 Å². The van der Waals surface area contributed by atoms with Crippen LogP contribution < -0.4 is 5.73 Å². The number of nitrogen functional groups attached to an aromatic ring is 1. The van der Waals surface area contributed by atoms with E-state index in [9.17, 15) is 10.1 Å². The third kappa shape index (κ3) is 2.60. The average Bonchev–Trinajstić information content (AvgIpc) is 1.88. The van der Waals surface area contributed by atoms with Gasteiger partial charge in [0.25, 0.3) is 5.69 Å². The molecule has 5 heteroatoms. The van der Waals surface area contributed by atoms with E-state index in [4.69, 9.17) is 5.73 Å². The van der Waals surface area contributed by atoms with Gasteiger partial charge in [-0.3, -0.25) is 10.1 Å². The van der Waals surface area contributed by atoms with E-state index in [1.807, 2.05) is 0 Å². The Morgan fingerprint density at radius 3 is 2.45 bits per heavy atom. The number of non-ortho nitro benzene ring substituents is 1. The normalized spacial score (nSPS) is 8.36. The molecule has 2 N–H and O–H groups in total. The van der Waals surface area contributed by atoms with Crippen LogP contribution in [0.25, 0.3) is 0 Å². The molecule has 0 aliphatic carbocycles. The average molecular weight is 216 g/mol. The van der Waals surface area contributed by atoms with Crippen molar-refractivity contribution in [2.24, 2.45) is 0 Å². The topological polar surface area (TPSA) is 69.2 Å². The minimum atomic E-state index is -0.476. The Morgan fingerprint density at radius 2 is 2.09 bits per heavy atom. The third-order valence-electron chi connectivity index (χ3n) is 1.08. The summed E-state index contributed by atoms with van der Waals surface area (Å²) >= 11 is 0. The molecule has 1 unspecified atom stereocenters. The van der Waals surface area contributed by atoms with Crippen molar-refractivity contribution in [3.05, 3.63) is 34.4 Å². The van der Waals surface area contributed by atoms with Gasteiger partial charge in [0, 0.05) is 17.8 Å². The second-order valence-electron chi connectivity index (χ2n) is 1.85. The monoisotopic (exact) mass is 216 g/mol. The summed E-state index contributed by atoms with van der Waals surface area (Å²) < 4.78 is 0. The predicted molar refractivity (Wildman–Crippen MR) is 47.4 cm³/mol. The molecule has 11 heavy (non-hydrogen) atoms. The number of anilines is 1. The number of nitrogens with two attached hydrogens (primary N) is 1. The van der Waals surface area contributed by atoms with Crippen molar-refractivity contribution in [2.75, 3.05) is 5.73 Å². The van der Waals surface area contributed by atoms with Crippen molar-refractivity contribution in [1.82, 2.24) is 0 Å². The van der Waals surface area contributed by atoms with Gasteiger partial charge in [-0.2, -0.15) is 0 Å². The molecule has 0 spiro atoms. The molecule has 0 aromatic heterocycles. The van der Waals surface area contributed by atoms with Gasteiger partial charge in [0.1, 0.15) is 0 Å². The van der Waals surface area contributed by atoms with E-state index in [1.54, 1.807) is 12.1 Å². The number of nitro groups is 1. The van der Waals surface area contributed by atoms with Crippen molar-refractivity contribution in [1.29, 1.82) is 0 Å². The molecular weight excluding hydrogens is 207 g/mol. The minimum absolute atomic E-state index is 0. The van der Waals surface area contributed by atoms with Crippen LogP contribution in [0, 0.1) is 10.1 Å². The molecule has 4 nitrogen and oxygen atoms in total. The van der Waals surface area contributed by atoms with Crippen LogP contribution in [0.2, 0.25) is 0 Å². The summed E-state index contributed by atoms with van der Waals surface area (Å²) in [6.45, 7) is 0. The van der Waals surface area contributed by atoms with Crippen molar-refractivity contribution in [3.63, 3.8) is 0 Å². The first kappa shape index (κ1) is 9.98. The van der Waals surface area contributed by atoms with E-state index < -0.39 is 4.92 Å². The summed E-state index contributed by atoms with van der Waals surface area (Å²) in [5.41, 5.74) is 5.73. The molecule has 0 saturated heterocycles. The van der Waals surface area contributed by atoms with Gasteiger partial charge in [-0.25, -0.2) is 0 Å². The van der Waals surface area contributed by atoms with Crippen LogP contribution in [0.1, 0.15) is 0 Å². The van der Waals surface area contributed by atoms with Gasteiger partial charge < -0.3 is 5.73 Å². The molecule has 0 saturated carbocycles. The van der Waals surface area contributed by atoms with Crippen molar-refractivity contribution < 1.29 is 4.92 Å². The van der Waals surface area contributed by atoms with Crippen molar-refractivity contribution >= 4 is 29.3 Å². The molecule has 0 radical (unpaired) electrons. The van der Waals surface area contributed by atoms with E-state index >= 15 is 0 Å². The first-order chi connectivity index (χ1) is 4.70. The fourth-order valence-electron chi connectivity index (χ4n) is 0.638. The number of hydrogen-bond donors (Lipinski definition) is 1. The zero-order chi connectivity index (χ0) is 7.56. The molecule has 0 heterocycles. The Labute approximate surface area is 74.9 Å². The zero-order valence-corrected chi connectivity index (χ0v) is 8.82. The van der Waals surface area contributed by atoms with Crippen LogP contribution in [0.3, 0.4) is 0 Å².